The van der Waals surface area contributed by atoms with Gasteiger partial charge in [0, 0.05) is 6.61 Å². The fraction of sp³-hybridized carbons (Fsp3) is 0.800. The molecule has 0 radical (unpaired) electrons. The molecule has 0 amide bonds. The number of fused-ring (bicyclic) bond motifs is 2. The van der Waals surface area contributed by atoms with E-state index in [9.17, 15) is 9.90 Å². The van der Waals surface area contributed by atoms with Crippen molar-refractivity contribution in [3.63, 3.8) is 0 Å². The predicted octanol–water partition coefficient (Wildman–Crippen LogP) is 2.81. The third-order valence-electron chi connectivity index (χ3n) is 5.54. The highest BCUT2D eigenvalue weighted by Gasteiger charge is 2.54. The number of aldehydes is 1. The molecule has 2 aliphatic rings. The number of carbonyl (C=O) groups is 1. The first-order chi connectivity index (χ1) is 7.97. The fourth-order valence-electron chi connectivity index (χ4n) is 4.25. The van der Waals surface area contributed by atoms with Crippen molar-refractivity contribution in [1.82, 2.24) is 0 Å². The Bertz CT molecular complexity index is 356. The largest absolute Gasteiger partial charge is 0.396 e. The van der Waals surface area contributed by atoms with Crippen LogP contribution in [0.1, 0.15) is 40.5 Å². The van der Waals surface area contributed by atoms with Crippen LogP contribution in [-0.2, 0) is 4.79 Å². The van der Waals surface area contributed by atoms with Crippen molar-refractivity contribution in [1.29, 1.82) is 0 Å². The summed E-state index contributed by atoms with van der Waals surface area (Å²) in [4.78, 5) is 11.4. The van der Waals surface area contributed by atoms with Gasteiger partial charge in [0.1, 0.15) is 6.29 Å². The first-order valence-corrected chi connectivity index (χ1v) is 6.74. The lowest BCUT2D eigenvalue weighted by Crippen LogP contribution is -2.40. The quantitative estimate of drug-likeness (QED) is 0.765. The SMILES string of the molecule is CC1=C(C=O)[C@@H]2C(CO)[C@@]1(C)CC[C@@H]2C(C)C. The Morgan fingerprint density at radius 3 is 2.65 bits per heavy atom. The van der Waals surface area contributed by atoms with Crippen LogP contribution in [0.2, 0.25) is 0 Å². The standard InChI is InChI=1S/C15H24O2/c1-9(2)11-5-6-15(4)10(3)12(7-16)14(11)13(15)8-17/h7,9,11,13-14,17H,5-6,8H2,1-4H3/t11-,13?,14-,15+/m1/s1. The van der Waals surface area contributed by atoms with Crippen molar-refractivity contribution >= 4 is 6.29 Å². The summed E-state index contributed by atoms with van der Waals surface area (Å²) in [6, 6.07) is 0. The van der Waals surface area contributed by atoms with Gasteiger partial charge in [0.2, 0.25) is 0 Å². The molecule has 2 heteroatoms. The van der Waals surface area contributed by atoms with Gasteiger partial charge in [-0.2, -0.15) is 0 Å². The maximum atomic E-state index is 11.4. The maximum absolute atomic E-state index is 11.4. The summed E-state index contributed by atoms with van der Waals surface area (Å²) in [6.45, 7) is 8.99. The zero-order chi connectivity index (χ0) is 12.8. The molecule has 1 unspecified atom stereocenters. The van der Waals surface area contributed by atoms with Gasteiger partial charge in [-0.05, 0) is 54.4 Å². The molecule has 2 bridgehead atoms. The zero-order valence-electron chi connectivity index (χ0n) is 11.4. The number of hydrogen-bond acceptors (Lipinski definition) is 2. The molecule has 2 nitrogen and oxygen atoms in total. The van der Waals surface area contributed by atoms with Crippen LogP contribution in [0.5, 0.6) is 0 Å². The summed E-state index contributed by atoms with van der Waals surface area (Å²) >= 11 is 0. The second-order valence-corrected chi connectivity index (χ2v) is 6.38. The summed E-state index contributed by atoms with van der Waals surface area (Å²) in [5, 5.41) is 9.73. The number of aliphatic hydroxyl groups excluding tert-OH is 1. The Hall–Kier alpha value is -0.630. The van der Waals surface area contributed by atoms with E-state index in [1.54, 1.807) is 0 Å². The van der Waals surface area contributed by atoms with Crippen LogP contribution in [0.3, 0.4) is 0 Å². The molecule has 0 aromatic carbocycles. The topological polar surface area (TPSA) is 37.3 Å². The van der Waals surface area contributed by atoms with Crippen molar-refractivity contribution in [3.8, 4) is 0 Å². The Morgan fingerprint density at radius 2 is 2.18 bits per heavy atom. The van der Waals surface area contributed by atoms with Crippen LogP contribution in [0, 0.1) is 29.1 Å². The molecule has 1 fully saturated rings. The van der Waals surface area contributed by atoms with E-state index in [0.717, 1.165) is 18.3 Å². The molecule has 0 spiro atoms. The van der Waals surface area contributed by atoms with E-state index >= 15 is 0 Å². The molecular formula is C15H24O2. The first kappa shape index (κ1) is 12.8. The molecular weight excluding hydrogens is 212 g/mol. The van der Waals surface area contributed by atoms with Gasteiger partial charge < -0.3 is 5.11 Å². The Kier molecular flexibility index (Phi) is 3.19. The molecule has 1 saturated carbocycles. The van der Waals surface area contributed by atoms with Crippen LogP contribution in [0.25, 0.3) is 0 Å². The number of aliphatic hydroxyl groups is 1. The highest BCUT2D eigenvalue weighted by atomic mass is 16.3. The van der Waals surface area contributed by atoms with Gasteiger partial charge in [-0.25, -0.2) is 0 Å². The molecule has 4 atom stereocenters. The van der Waals surface area contributed by atoms with Gasteiger partial charge in [-0.1, -0.05) is 26.3 Å². The normalized spacial score (nSPS) is 41.2. The van der Waals surface area contributed by atoms with E-state index in [2.05, 4.69) is 27.7 Å². The van der Waals surface area contributed by atoms with Crippen LogP contribution in [0.4, 0.5) is 0 Å². The maximum Gasteiger partial charge on any atom is 0.146 e. The fourth-order valence-corrected chi connectivity index (χ4v) is 4.25. The average Bonchev–Trinajstić information content (AvgIpc) is 2.41. The van der Waals surface area contributed by atoms with Crippen LogP contribution >= 0.6 is 0 Å². The third kappa shape index (κ3) is 1.61. The van der Waals surface area contributed by atoms with Crippen molar-refractivity contribution < 1.29 is 9.90 Å². The summed E-state index contributed by atoms with van der Waals surface area (Å²) in [7, 11) is 0. The molecule has 1 N–H and O–H groups in total. The van der Waals surface area contributed by atoms with E-state index in [1.807, 2.05) is 0 Å². The summed E-state index contributed by atoms with van der Waals surface area (Å²) in [5.41, 5.74) is 2.28. The van der Waals surface area contributed by atoms with E-state index in [-0.39, 0.29) is 23.9 Å². The molecule has 2 aliphatic carbocycles. The molecule has 0 aromatic rings. The highest BCUT2D eigenvalue weighted by molar-refractivity contribution is 5.77. The van der Waals surface area contributed by atoms with Gasteiger partial charge >= 0.3 is 0 Å². The van der Waals surface area contributed by atoms with Gasteiger partial charge in [-0.3, -0.25) is 4.79 Å². The van der Waals surface area contributed by atoms with Gasteiger partial charge in [0.25, 0.3) is 0 Å². The van der Waals surface area contributed by atoms with Crippen molar-refractivity contribution in [2.45, 2.75) is 40.5 Å². The number of allylic oxidation sites excluding steroid dienone is 2. The monoisotopic (exact) mass is 236 g/mol. The van der Waals surface area contributed by atoms with E-state index < -0.39 is 0 Å². The molecule has 0 heterocycles. The second-order valence-electron chi connectivity index (χ2n) is 6.38. The lowest BCUT2D eigenvalue weighted by atomic mass is 9.60. The minimum Gasteiger partial charge on any atom is -0.396 e. The Labute approximate surface area is 104 Å². The van der Waals surface area contributed by atoms with Crippen molar-refractivity contribution in [2.24, 2.45) is 29.1 Å². The second kappa shape index (κ2) is 4.24. The number of rotatable bonds is 3. The van der Waals surface area contributed by atoms with Crippen LogP contribution < -0.4 is 0 Å². The summed E-state index contributed by atoms with van der Waals surface area (Å²) in [6.07, 6.45) is 3.35. The van der Waals surface area contributed by atoms with Gasteiger partial charge in [0.05, 0.1) is 0 Å². The van der Waals surface area contributed by atoms with Crippen molar-refractivity contribution in [2.75, 3.05) is 6.61 Å². The minimum atomic E-state index is 0.0566. The van der Waals surface area contributed by atoms with E-state index in [0.29, 0.717) is 11.8 Å². The molecule has 0 aliphatic heterocycles. The number of hydrogen-bond donors (Lipinski definition) is 1. The Morgan fingerprint density at radius 1 is 1.53 bits per heavy atom. The average molecular weight is 236 g/mol. The molecule has 0 saturated heterocycles. The van der Waals surface area contributed by atoms with E-state index in [4.69, 9.17) is 0 Å². The first-order valence-electron chi connectivity index (χ1n) is 6.74. The zero-order valence-corrected chi connectivity index (χ0v) is 11.4. The molecule has 0 aromatic heterocycles. The molecule has 96 valence electrons. The van der Waals surface area contributed by atoms with E-state index in [1.165, 1.54) is 12.0 Å². The lowest BCUT2D eigenvalue weighted by Gasteiger charge is -2.45. The summed E-state index contributed by atoms with van der Waals surface area (Å²) < 4.78 is 0. The van der Waals surface area contributed by atoms with Gasteiger partial charge in [0.15, 0.2) is 0 Å². The van der Waals surface area contributed by atoms with Gasteiger partial charge in [-0.15, -0.1) is 0 Å². The third-order valence-corrected chi connectivity index (χ3v) is 5.54. The van der Waals surface area contributed by atoms with Crippen molar-refractivity contribution in [3.05, 3.63) is 11.1 Å². The highest BCUT2D eigenvalue weighted by Crippen LogP contribution is 2.60. The minimum absolute atomic E-state index is 0.0566. The Balaban J connectivity index is 2.47. The smallest absolute Gasteiger partial charge is 0.146 e. The summed E-state index contributed by atoms with van der Waals surface area (Å²) in [5.74, 6) is 1.68. The van der Waals surface area contributed by atoms with Crippen LogP contribution in [0.15, 0.2) is 11.1 Å². The predicted molar refractivity (Wildman–Crippen MR) is 68.5 cm³/mol. The van der Waals surface area contributed by atoms with Crippen LogP contribution in [-0.4, -0.2) is 18.0 Å². The lowest BCUT2D eigenvalue weighted by molar-refractivity contribution is -0.105. The molecule has 2 rings (SSSR count). The molecule has 17 heavy (non-hydrogen) atoms. The number of carbonyl (C=O) groups excluding carboxylic acids is 1.